The van der Waals surface area contributed by atoms with Gasteiger partial charge in [-0.15, -0.1) is 0 Å². The number of imide groups is 1. The number of benzene rings is 2. The van der Waals surface area contributed by atoms with Gasteiger partial charge < -0.3 is 14.8 Å². The molecule has 3 amide bonds. The zero-order valence-corrected chi connectivity index (χ0v) is 19.9. The van der Waals surface area contributed by atoms with Gasteiger partial charge in [-0.3, -0.25) is 9.69 Å². The Labute approximate surface area is 199 Å². The number of carbonyl (C=O) groups is 2. The van der Waals surface area contributed by atoms with Crippen LogP contribution in [-0.2, 0) is 11.3 Å². The van der Waals surface area contributed by atoms with E-state index < -0.39 is 17.8 Å². The van der Waals surface area contributed by atoms with E-state index in [9.17, 15) is 14.0 Å². The summed E-state index contributed by atoms with van der Waals surface area (Å²) in [7, 11) is 0. The second-order valence-electron chi connectivity index (χ2n) is 8.32. The van der Waals surface area contributed by atoms with Gasteiger partial charge in [0.2, 0.25) is 0 Å². The first-order chi connectivity index (χ1) is 16.3. The summed E-state index contributed by atoms with van der Waals surface area (Å²) < 4.78 is 16.1. The van der Waals surface area contributed by atoms with Crippen LogP contribution in [0, 0.1) is 19.7 Å². The number of aromatic nitrogens is 1. The maximum atomic E-state index is 14.0. The maximum Gasteiger partial charge on any atom is 0.329 e. The topological polar surface area (TPSA) is 57.6 Å². The number of halogens is 1. The van der Waals surface area contributed by atoms with Gasteiger partial charge in [-0.2, -0.15) is 0 Å². The zero-order chi connectivity index (χ0) is 24.4. The minimum absolute atomic E-state index is 0.118. The van der Waals surface area contributed by atoms with E-state index in [1.807, 2.05) is 19.9 Å². The van der Waals surface area contributed by atoms with Crippen LogP contribution in [0.2, 0.25) is 0 Å². The van der Waals surface area contributed by atoms with Crippen molar-refractivity contribution in [3.8, 4) is 5.69 Å². The normalized spacial score (nSPS) is 14.7. The molecule has 2 aromatic carbocycles. The Morgan fingerprint density at radius 1 is 1.00 bits per heavy atom. The fourth-order valence-corrected chi connectivity index (χ4v) is 4.40. The van der Waals surface area contributed by atoms with Crippen molar-refractivity contribution in [2.75, 3.05) is 18.0 Å². The van der Waals surface area contributed by atoms with Crippen molar-refractivity contribution in [1.29, 1.82) is 0 Å². The number of hydrogen-bond donors (Lipinski definition) is 1. The summed E-state index contributed by atoms with van der Waals surface area (Å²) in [5, 5.41) is 2.63. The van der Waals surface area contributed by atoms with E-state index in [-0.39, 0.29) is 12.2 Å². The largest absolute Gasteiger partial charge is 0.372 e. The van der Waals surface area contributed by atoms with Crippen LogP contribution in [0.15, 0.2) is 60.3 Å². The molecule has 1 saturated heterocycles. The van der Waals surface area contributed by atoms with Crippen molar-refractivity contribution in [3.05, 3.63) is 88.6 Å². The van der Waals surface area contributed by atoms with E-state index in [1.54, 1.807) is 24.3 Å². The van der Waals surface area contributed by atoms with Crippen molar-refractivity contribution >= 4 is 23.7 Å². The van der Waals surface area contributed by atoms with Gasteiger partial charge in [0.05, 0.1) is 6.54 Å². The molecule has 1 aliphatic rings. The highest BCUT2D eigenvalue weighted by Gasteiger charge is 2.34. The second-order valence-corrected chi connectivity index (χ2v) is 8.32. The van der Waals surface area contributed by atoms with Crippen LogP contribution < -0.4 is 10.2 Å². The lowest BCUT2D eigenvalue weighted by molar-refractivity contribution is -0.123. The fourth-order valence-electron chi connectivity index (χ4n) is 4.40. The summed E-state index contributed by atoms with van der Waals surface area (Å²) >= 11 is 0. The van der Waals surface area contributed by atoms with Crippen molar-refractivity contribution in [2.24, 2.45) is 0 Å². The van der Waals surface area contributed by atoms with Crippen LogP contribution in [0.1, 0.15) is 36.4 Å². The van der Waals surface area contributed by atoms with Crippen molar-refractivity contribution in [1.82, 2.24) is 14.8 Å². The third-order valence-electron chi connectivity index (χ3n) is 6.26. The third-order valence-corrected chi connectivity index (χ3v) is 6.26. The first-order valence-electron chi connectivity index (χ1n) is 11.5. The molecule has 0 aliphatic carbocycles. The predicted molar refractivity (Wildman–Crippen MR) is 132 cm³/mol. The van der Waals surface area contributed by atoms with Gasteiger partial charge >= 0.3 is 6.03 Å². The molecule has 0 bridgehead atoms. The Balaban J connectivity index is 1.60. The molecule has 176 valence electrons. The monoisotopic (exact) mass is 460 g/mol. The molecule has 1 aliphatic heterocycles. The minimum atomic E-state index is -0.555. The number of rotatable bonds is 7. The first-order valence-corrected chi connectivity index (χ1v) is 11.5. The molecule has 0 radical (unpaired) electrons. The number of amides is 3. The van der Waals surface area contributed by atoms with E-state index in [1.165, 1.54) is 11.8 Å². The molecule has 7 heteroatoms. The molecule has 1 fully saturated rings. The van der Waals surface area contributed by atoms with Crippen molar-refractivity contribution in [3.63, 3.8) is 0 Å². The van der Waals surface area contributed by atoms with E-state index in [0.29, 0.717) is 5.56 Å². The summed E-state index contributed by atoms with van der Waals surface area (Å²) in [6.07, 6.45) is 1.69. The molecule has 3 aromatic rings. The summed E-state index contributed by atoms with van der Waals surface area (Å²) in [4.78, 5) is 28.7. The molecule has 6 nitrogen and oxygen atoms in total. The van der Waals surface area contributed by atoms with Gasteiger partial charge in [0.15, 0.2) is 0 Å². The Kier molecular flexibility index (Phi) is 6.54. The van der Waals surface area contributed by atoms with Gasteiger partial charge in [0.25, 0.3) is 5.91 Å². The maximum absolute atomic E-state index is 14.0. The van der Waals surface area contributed by atoms with Crippen molar-refractivity contribution in [2.45, 2.75) is 34.2 Å². The molecule has 0 unspecified atom stereocenters. The fraction of sp³-hybridized carbons (Fsp3) is 0.259. The second kappa shape index (κ2) is 9.55. The predicted octanol–water partition coefficient (Wildman–Crippen LogP) is 5.17. The van der Waals surface area contributed by atoms with E-state index >= 15 is 0 Å². The number of aryl methyl sites for hydroxylation is 1. The van der Waals surface area contributed by atoms with Gasteiger partial charge in [0.1, 0.15) is 11.5 Å². The van der Waals surface area contributed by atoms with Crippen LogP contribution in [0.4, 0.5) is 14.9 Å². The van der Waals surface area contributed by atoms with E-state index in [0.717, 1.165) is 40.6 Å². The smallest absolute Gasteiger partial charge is 0.329 e. The SMILES string of the molecule is CCN(CC)c1ccc(-n2c(C)cc(C=C3NC(=O)N(Cc4ccccc4F)C3=O)c2C)cc1. The summed E-state index contributed by atoms with van der Waals surface area (Å²) in [6, 6.07) is 16.0. The highest BCUT2D eigenvalue weighted by atomic mass is 19.1. The molecule has 0 atom stereocenters. The standard InChI is InChI=1S/C27H29FN4O2/c1-5-30(6-2)22-11-13-23(14-12-22)32-18(3)15-21(19(32)4)16-25-26(33)31(27(34)29-25)17-20-9-7-8-10-24(20)28/h7-16H,5-6,17H2,1-4H3,(H,29,34). The highest BCUT2D eigenvalue weighted by molar-refractivity contribution is 6.14. The number of nitrogens with zero attached hydrogens (tertiary/aromatic N) is 3. The molecule has 1 aromatic heterocycles. The van der Waals surface area contributed by atoms with Gasteiger partial charge in [0, 0.05) is 41.4 Å². The first kappa shape index (κ1) is 23.3. The molecule has 0 saturated carbocycles. The number of hydrogen-bond acceptors (Lipinski definition) is 3. The van der Waals surface area contributed by atoms with Crippen LogP contribution in [0.3, 0.4) is 0 Å². The van der Waals surface area contributed by atoms with Crippen LogP contribution in [0.5, 0.6) is 0 Å². The number of anilines is 1. The summed E-state index contributed by atoms with van der Waals surface area (Å²) in [5.41, 5.74) is 5.47. The molecule has 0 spiro atoms. The Bertz CT molecular complexity index is 1260. The number of urea groups is 1. The molecular weight excluding hydrogens is 431 g/mol. The number of carbonyl (C=O) groups excluding carboxylic acids is 2. The summed E-state index contributed by atoms with van der Waals surface area (Å²) in [5.74, 6) is -0.919. The Hall–Kier alpha value is -3.87. The van der Waals surface area contributed by atoms with Gasteiger partial charge in [-0.25, -0.2) is 9.18 Å². The van der Waals surface area contributed by atoms with E-state index in [4.69, 9.17) is 0 Å². The quantitative estimate of drug-likeness (QED) is 0.391. The minimum Gasteiger partial charge on any atom is -0.372 e. The highest BCUT2D eigenvalue weighted by Crippen LogP contribution is 2.26. The Morgan fingerprint density at radius 2 is 1.68 bits per heavy atom. The van der Waals surface area contributed by atoms with Gasteiger partial charge in [-0.05, 0) is 75.7 Å². The Morgan fingerprint density at radius 3 is 2.32 bits per heavy atom. The average Bonchev–Trinajstić information content (AvgIpc) is 3.25. The molecular formula is C27H29FN4O2. The molecule has 2 heterocycles. The lowest BCUT2D eigenvalue weighted by atomic mass is 10.2. The lowest BCUT2D eigenvalue weighted by Crippen LogP contribution is -2.30. The summed E-state index contributed by atoms with van der Waals surface area (Å²) in [6.45, 7) is 10.0. The van der Waals surface area contributed by atoms with Crippen LogP contribution in [-0.4, -0.2) is 34.5 Å². The van der Waals surface area contributed by atoms with E-state index in [2.05, 4.69) is 52.9 Å². The number of nitrogens with one attached hydrogen (secondary N) is 1. The van der Waals surface area contributed by atoms with Crippen molar-refractivity contribution < 1.29 is 14.0 Å². The average molecular weight is 461 g/mol. The lowest BCUT2D eigenvalue weighted by Gasteiger charge is -2.21. The van der Waals surface area contributed by atoms with Gasteiger partial charge in [-0.1, -0.05) is 18.2 Å². The molecule has 1 N–H and O–H groups in total. The van der Waals surface area contributed by atoms with Crippen LogP contribution >= 0.6 is 0 Å². The zero-order valence-electron chi connectivity index (χ0n) is 19.9. The van der Waals surface area contributed by atoms with Crippen LogP contribution in [0.25, 0.3) is 11.8 Å². The third kappa shape index (κ3) is 4.33. The molecule has 34 heavy (non-hydrogen) atoms. The molecule has 4 rings (SSSR count).